The fourth-order valence-electron chi connectivity index (χ4n) is 2.96. The highest BCUT2D eigenvalue weighted by atomic mass is 35.5. The molecule has 3 N–H and O–H groups in total. The topological polar surface area (TPSA) is 85.4 Å². The minimum Gasteiger partial charge on any atom is -0.494 e. The highest BCUT2D eigenvalue weighted by Crippen LogP contribution is 2.30. The number of rotatable bonds is 10. The summed E-state index contributed by atoms with van der Waals surface area (Å²) < 4.78 is 11.7. The second-order valence-corrected chi connectivity index (χ2v) is 7.26. The van der Waals surface area contributed by atoms with E-state index in [-0.39, 0.29) is 29.9 Å². The predicted molar refractivity (Wildman–Crippen MR) is 120 cm³/mol. The molecule has 0 heterocycles. The Bertz CT molecular complexity index is 833. The zero-order valence-electron chi connectivity index (χ0n) is 17.6. The van der Waals surface area contributed by atoms with E-state index in [1.54, 1.807) is 19.1 Å². The molecule has 0 saturated heterocycles. The van der Waals surface area contributed by atoms with E-state index in [9.17, 15) is 4.79 Å². The van der Waals surface area contributed by atoms with Crippen molar-refractivity contribution in [2.45, 2.75) is 46.5 Å². The number of Topliss-reactive ketones (excluding diaryl/α,β-unsaturated/α-hetero) is 1. The summed E-state index contributed by atoms with van der Waals surface area (Å²) in [4.78, 5) is 11.8. The number of hydrogen-bond acceptors (Lipinski definition) is 4. The van der Waals surface area contributed by atoms with Crippen molar-refractivity contribution < 1.29 is 14.3 Å². The zero-order valence-corrected chi connectivity index (χ0v) is 18.4. The van der Waals surface area contributed by atoms with Crippen LogP contribution in [-0.2, 0) is 0 Å². The van der Waals surface area contributed by atoms with Crippen molar-refractivity contribution in [2.75, 3.05) is 13.2 Å². The number of hydrogen-bond donors (Lipinski definition) is 2. The van der Waals surface area contributed by atoms with Gasteiger partial charge >= 0.3 is 0 Å². The monoisotopic (exact) mass is 418 g/mol. The van der Waals surface area contributed by atoms with Crippen LogP contribution in [0.5, 0.6) is 11.5 Å². The molecule has 0 aliphatic carbocycles. The number of nitrogen functional groups attached to an aromatic ring is 1. The van der Waals surface area contributed by atoms with Gasteiger partial charge in [0.05, 0.1) is 13.2 Å². The Morgan fingerprint density at radius 1 is 1.07 bits per heavy atom. The number of amidine groups is 1. The van der Waals surface area contributed by atoms with E-state index < -0.39 is 0 Å². The maximum Gasteiger partial charge on any atom is 0.160 e. The van der Waals surface area contributed by atoms with Crippen LogP contribution in [0.15, 0.2) is 36.4 Å². The molecule has 0 aliphatic rings. The third kappa shape index (κ3) is 7.09. The van der Waals surface area contributed by atoms with E-state index in [2.05, 4.69) is 13.8 Å². The SMILES string of the molecule is CC(=O)c1cc(C(C)C)c(OCCCCOc2ccc(C(=N)N)cc2)cc1C.Cl. The second kappa shape index (κ2) is 11.5. The number of halogens is 1. The molecule has 0 amide bonds. The maximum atomic E-state index is 11.8. The summed E-state index contributed by atoms with van der Waals surface area (Å²) >= 11 is 0. The summed E-state index contributed by atoms with van der Waals surface area (Å²) in [7, 11) is 0. The van der Waals surface area contributed by atoms with Gasteiger partial charge in [-0.05, 0) is 80.1 Å². The lowest BCUT2D eigenvalue weighted by atomic mass is 9.95. The summed E-state index contributed by atoms with van der Waals surface area (Å²) in [5.41, 5.74) is 8.91. The van der Waals surface area contributed by atoms with Gasteiger partial charge in [-0.15, -0.1) is 12.4 Å². The van der Waals surface area contributed by atoms with Crippen LogP contribution in [0.4, 0.5) is 0 Å². The van der Waals surface area contributed by atoms with Crippen LogP contribution in [0.3, 0.4) is 0 Å². The molecular weight excluding hydrogens is 388 g/mol. The molecule has 6 heteroatoms. The number of nitrogens with two attached hydrogens (primary N) is 1. The lowest BCUT2D eigenvalue weighted by molar-refractivity contribution is 0.101. The molecule has 0 spiro atoms. The van der Waals surface area contributed by atoms with Gasteiger partial charge in [0.1, 0.15) is 17.3 Å². The molecule has 0 aliphatic heterocycles. The smallest absolute Gasteiger partial charge is 0.160 e. The van der Waals surface area contributed by atoms with Crippen LogP contribution < -0.4 is 15.2 Å². The number of ketones is 1. The summed E-state index contributed by atoms with van der Waals surface area (Å²) in [5, 5.41) is 7.38. The molecule has 0 aromatic heterocycles. The van der Waals surface area contributed by atoms with Crippen LogP contribution in [0.1, 0.15) is 66.6 Å². The number of nitrogens with one attached hydrogen (secondary N) is 1. The van der Waals surface area contributed by atoms with E-state index in [1.165, 1.54) is 0 Å². The Balaban J connectivity index is 0.00000420. The van der Waals surface area contributed by atoms with Crippen LogP contribution >= 0.6 is 12.4 Å². The van der Waals surface area contributed by atoms with Crippen molar-refractivity contribution in [3.05, 3.63) is 58.7 Å². The minimum absolute atomic E-state index is 0. The fourth-order valence-corrected chi connectivity index (χ4v) is 2.96. The summed E-state index contributed by atoms with van der Waals surface area (Å²) in [6.45, 7) is 8.95. The van der Waals surface area contributed by atoms with Crippen molar-refractivity contribution in [2.24, 2.45) is 5.73 Å². The van der Waals surface area contributed by atoms with Gasteiger partial charge in [-0.3, -0.25) is 10.2 Å². The first-order valence-corrected chi connectivity index (χ1v) is 9.65. The molecule has 0 atom stereocenters. The van der Waals surface area contributed by atoms with Crippen LogP contribution in [-0.4, -0.2) is 24.8 Å². The van der Waals surface area contributed by atoms with Crippen LogP contribution in [0.2, 0.25) is 0 Å². The second-order valence-electron chi connectivity index (χ2n) is 7.26. The molecule has 158 valence electrons. The van der Waals surface area contributed by atoms with Crippen LogP contribution in [0, 0.1) is 12.3 Å². The molecule has 0 radical (unpaired) electrons. The Hall–Kier alpha value is -2.53. The largest absolute Gasteiger partial charge is 0.494 e. The van der Waals surface area contributed by atoms with E-state index in [1.807, 2.05) is 31.2 Å². The Morgan fingerprint density at radius 2 is 1.66 bits per heavy atom. The first-order chi connectivity index (χ1) is 13.3. The molecule has 0 fully saturated rings. The van der Waals surface area contributed by atoms with Crippen molar-refractivity contribution in [3.63, 3.8) is 0 Å². The zero-order chi connectivity index (χ0) is 20.7. The average Bonchev–Trinajstić information content (AvgIpc) is 2.64. The van der Waals surface area contributed by atoms with E-state index in [4.69, 9.17) is 20.6 Å². The summed E-state index contributed by atoms with van der Waals surface area (Å²) in [5.74, 6) is 2.05. The van der Waals surface area contributed by atoms with Crippen molar-refractivity contribution in [3.8, 4) is 11.5 Å². The van der Waals surface area contributed by atoms with E-state index in [0.717, 1.165) is 41.0 Å². The van der Waals surface area contributed by atoms with Gasteiger partial charge < -0.3 is 15.2 Å². The molecule has 0 saturated carbocycles. The number of carbonyl (C=O) groups is 1. The van der Waals surface area contributed by atoms with Gasteiger partial charge in [0.2, 0.25) is 0 Å². The van der Waals surface area contributed by atoms with Gasteiger partial charge in [0.15, 0.2) is 5.78 Å². The number of unbranched alkanes of at least 4 members (excludes halogenated alkanes) is 1. The number of carbonyl (C=O) groups excluding carboxylic acids is 1. The number of aryl methyl sites for hydroxylation is 1. The Labute approximate surface area is 179 Å². The normalized spacial score (nSPS) is 10.4. The lowest BCUT2D eigenvalue weighted by Gasteiger charge is -2.17. The molecule has 2 rings (SSSR count). The van der Waals surface area contributed by atoms with Crippen molar-refractivity contribution in [1.82, 2.24) is 0 Å². The summed E-state index contributed by atoms with van der Waals surface area (Å²) in [6, 6.07) is 11.1. The van der Waals surface area contributed by atoms with E-state index >= 15 is 0 Å². The molecular formula is C23H31ClN2O3. The van der Waals surface area contributed by atoms with Crippen LogP contribution in [0.25, 0.3) is 0 Å². The maximum absolute atomic E-state index is 11.8. The summed E-state index contributed by atoms with van der Waals surface area (Å²) in [6.07, 6.45) is 1.74. The van der Waals surface area contributed by atoms with Crippen molar-refractivity contribution in [1.29, 1.82) is 5.41 Å². The minimum atomic E-state index is 0. The molecule has 29 heavy (non-hydrogen) atoms. The first-order valence-electron chi connectivity index (χ1n) is 9.65. The molecule has 0 unspecified atom stereocenters. The highest BCUT2D eigenvalue weighted by molar-refractivity contribution is 5.96. The Kier molecular flexibility index (Phi) is 9.69. The quantitative estimate of drug-likeness (QED) is 0.238. The number of ether oxygens (including phenoxy) is 2. The Morgan fingerprint density at radius 3 is 2.17 bits per heavy atom. The molecule has 2 aromatic carbocycles. The van der Waals surface area contributed by atoms with Crippen molar-refractivity contribution >= 4 is 24.0 Å². The fraction of sp³-hybridized carbons (Fsp3) is 0.391. The van der Waals surface area contributed by atoms with Gasteiger partial charge in [-0.2, -0.15) is 0 Å². The first kappa shape index (κ1) is 24.5. The van der Waals surface area contributed by atoms with Gasteiger partial charge in [0, 0.05) is 11.1 Å². The standard InChI is InChI=1S/C23H30N2O3.ClH/c1-15(2)20-14-21(17(4)26)16(3)13-22(20)28-12-6-5-11-27-19-9-7-18(8-10-19)23(24)25;/h7-10,13-15H,5-6,11-12H2,1-4H3,(H3,24,25);1H. The molecule has 0 bridgehead atoms. The molecule has 5 nitrogen and oxygen atoms in total. The third-order valence-electron chi connectivity index (χ3n) is 4.59. The number of benzene rings is 2. The highest BCUT2D eigenvalue weighted by Gasteiger charge is 2.14. The third-order valence-corrected chi connectivity index (χ3v) is 4.59. The molecule has 2 aromatic rings. The van der Waals surface area contributed by atoms with E-state index in [0.29, 0.717) is 18.8 Å². The van der Waals surface area contributed by atoms with Gasteiger partial charge in [-0.25, -0.2) is 0 Å². The average molecular weight is 419 g/mol. The van der Waals surface area contributed by atoms with Gasteiger partial charge in [0.25, 0.3) is 0 Å². The lowest BCUT2D eigenvalue weighted by Crippen LogP contribution is -2.10. The predicted octanol–water partition coefficient (Wildman–Crippen LogP) is 5.26. The van der Waals surface area contributed by atoms with Gasteiger partial charge in [-0.1, -0.05) is 13.8 Å².